The Morgan fingerprint density at radius 2 is 1.90 bits per heavy atom. The van der Waals surface area contributed by atoms with E-state index in [0.29, 0.717) is 12.8 Å². The molecule has 0 saturated heterocycles. The summed E-state index contributed by atoms with van der Waals surface area (Å²) in [5.41, 5.74) is 1.16. The maximum atomic E-state index is 11.4. The summed E-state index contributed by atoms with van der Waals surface area (Å²) in [7, 11) is 0. The number of carbonyl (C=O) groups excluding carboxylic acids is 1. The number of hydrogen-bond donors (Lipinski definition) is 1. The zero-order valence-corrected chi connectivity index (χ0v) is 11.7. The molecule has 21 heavy (non-hydrogen) atoms. The minimum atomic E-state index is -1.02. The molecule has 110 valence electrons. The van der Waals surface area contributed by atoms with Gasteiger partial charge in [0, 0.05) is 11.6 Å². The second kappa shape index (κ2) is 9.31. The fourth-order valence-corrected chi connectivity index (χ4v) is 1.48. The monoisotopic (exact) mass is 286 g/mol. The second-order valence-electron chi connectivity index (χ2n) is 4.31. The molecule has 0 aromatic heterocycles. The van der Waals surface area contributed by atoms with E-state index in [2.05, 4.69) is 6.58 Å². The molecule has 0 fully saturated rings. The highest BCUT2D eigenvalue weighted by Crippen LogP contribution is 2.03. The van der Waals surface area contributed by atoms with Crippen molar-refractivity contribution in [3.63, 3.8) is 0 Å². The number of benzene rings is 1. The van der Waals surface area contributed by atoms with Crippen LogP contribution in [0.5, 0.6) is 0 Å². The number of aliphatic carboxylic acids is 1. The van der Waals surface area contributed by atoms with Crippen molar-refractivity contribution in [2.75, 3.05) is 6.61 Å². The summed E-state index contributed by atoms with van der Waals surface area (Å²) in [5, 5.41) is 8.60. The van der Waals surface area contributed by atoms with Gasteiger partial charge in [-0.2, -0.15) is 0 Å². The number of ether oxygens (including phenoxy) is 1. The van der Waals surface area contributed by atoms with Crippen molar-refractivity contribution in [1.82, 2.24) is 0 Å². The molecule has 0 heterocycles. The van der Waals surface area contributed by atoms with E-state index in [4.69, 9.17) is 9.84 Å². The van der Waals surface area contributed by atoms with Gasteiger partial charge in [-0.15, -0.1) is 0 Å². The van der Waals surface area contributed by atoms with E-state index in [1.807, 2.05) is 36.4 Å². The van der Waals surface area contributed by atoms with Crippen molar-refractivity contribution >= 4 is 18.0 Å². The zero-order valence-electron chi connectivity index (χ0n) is 11.7. The third kappa shape index (κ3) is 7.52. The van der Waals surface area contributed by atoms with E-state index in [1.54, 1.807) is 12.2 Å². The van der Waals surface area contributed by atoms with Crippen LogP contribution in [-0.4, -0.2) is 23.7 Å². The predicted octanol–water partition coefficient (Wildman–Crippen LogP) is 3.22. The van der Waals surface area contributed by atoms with E-state index < -0.39 is 11.9 Å². The number of esters is 1. The Hall–Kier alpha value is -2.62. The van der Waals surface area contributed by atoms with Gasteiger partial charge in [0.15, 0.2) is 0 Å². The fourth-order valence-electron chi connectivity index (χ4n) is 1.48. The van der Waals surface area contributed by atoms with E-state index in [0.717, 1.165) is 5.56 Å². The molecule has 0 radical (unpaired) electrons. The summed E-state index contributed by atoms with van der Waals surface area (Å²) >= 11 is 0. The third-order valence-electron chi connectivity index (χ3n) is 2.60. The first-order valence-electron chi connectivity index (χ1n) is 6.57. The van der Waals surface area contributed by atoms with Crippen LogP contribution in [0.3, 0.4) is 0 Å². The molecule has 0 spiro atoms. The molecular formula is C17H18O4. The molecule has 0 unspecified atom stereocenters. The quantitative estimate of drug-likeness (QED) is 0.345. The lowest BCUT2D eigenvalue weighted by Gasteiger charge is -2.01. The highest BCUT2D eigenvalue weighted by atomic mass is 16.5. The topological polar surface area (TPSA) is 63.6 Å². The molecule has 1 N–H and O–H groups in total. The number of allylic oxidation sites excluding steroid dienone is 2. The number of carboxylic acid groups (broad SMARTS) is 1. The Morgan fingerprint density at radius 3 is 2.57 bits per heavy atom. The van der Waals surface area contributed by atoms with Crippen molar-refractivity contribution in [2.45, 2.75) is 12.8 Å². The number of hydrogen-bond acceptors (Lipinski definition) is 3. The van der Waals surface area contributed by atoms with E-state index in [-0.39, 0.29) is 12.2 Å². The Bertz CT molecular complexity index is 541. The summed E-state index contributed by atoms with van der Waals surface area (Å²) in [5.74, 6) is -1.47. The van der Waals surface area contributed by atoms with Gasteiger partial charge in [-0.25, -0.2) is 9.59 Å². The van der Waals surface area contributed by atoms with Gasteiger partial charge in [0.05, 0.1) is 6.61 Å². The van der Waals surface area contributed by atoms with E-state index in [9.17, 15) is 9.59 Å². The lowest BCUT2D eigenvalue weighted by Crippen LogP contribution is -2.04. The second-order valence-corrected chi connectivity index (χ2v) is 4.31. The first kappa shape index (κ1) is 16.4. The molecule has 1 rings (SSSR count). The molecular weight excluding hydrogens is 268 g/mol. The standard InChI is InChI=1S/C17H18O4/c1-14(17(19)20)8-7-13-21-16(18)12-6-5-11-15-9-3-2-4-10-15/h2-6,9-12H,1,7-8,13H2,(H,19,20). The van der Waals surface area contributed by atoms with Crippen LogP contribution in [0.4, 0.5) is 0 Å². The summed E-state index contributed by atoms with van der Waals surface area (Å²) in [6, 6.07) is 9.71. The summed E-state index contributed by atoms with van der Waals surface area (Å²) in [6.45, 7) is 3.58. The van der Waals surface area contributed by atoms with Crippen LogP contribution >= 0.6 is 0 Å². The minimum absolute atomic E-state index is 0.118. The van der Waals surface area contributed by atoms with Gasteiger partial charge in [-0.05, 0) is 18.4 Å². The Labute approximate surface area is 124 Å². The van der Waals surface area contributed by atoms with Crippen LogP contribution in [-0.2, 0) is 14.3 Å². The Morgan fingerprint density at radius 1 is 1.19 bits per heavy atom. The van der Waals surface area contributed by atoms with Crippen molar-refractivity contribution in [1.29, 1.82) is 0 Å². The highest BCUT2D eigenvalue weighted by molar-refractivity contribution is 5.85. The van der Waals surface area contributed by atoms with Gasteiger partial charge in [-0.1, -0.05) is 55.1 Å². The minimum Gasteiger partial charge on any atom is -0.478 e. The Kier molecular flexibility index (Phi) is 7.29. The largest absolute Gasteiger partial charge is 0.478 e. The lowest BCUT2D eigenvalue weighted by molar-refractivity contribution is -0.137. The van der Waals surface area contributed by atoms with Crippen LogP contribution in [0, 0.1) is 0 Å². The molecule has 1 aromatic carbocycles. The molecule has 4 heteroatoms. The fraction of sp³-hybridized carbons (Fsp3) is 0.176. The van der Waals surface area contributed by atoms with Gasteiger partial charge in [0.25, 0.3) is 0 Å². The molecule has 1 aromatic rings. The van der Waals surface area contributed by atoms with Gasteiger partial charge in [0.1, 0.15) is 0 Å². The van der Waals surface area contributed by atoms with Crippen molar-refractivity contribution in [2.24, 2.45) is 0 Å². The van der Waals surface area contributed by atoms with Gasteiger partial charge in [0.2, 0.25) is 0 Å². The van der Waals surface area contributed by atoms with E-state index in [1.165, 1.54) is 6.08 Å². The summed E-state index contributed by atoms with van der Waals surface area (Å²) in [6.07, 6.45) is 7.31. The molecule has 0 bridgehead atoms. The van der Waals surface area contributed by atoms with Crippen molar-refractivity contribution < 1.29 is 19.4 Å². The molecule has 0 saturated carbocycles. The first-order valence-corrected chi connectivity index (χ1v) is 6.57. The van der Waals surface area contributed by atoms with Crippen LogP contribution < -0.4 is 0 Å². The van der Waals surface area contributed by atoms with Crippen molar-refractivity contribution in [3.05, 3.63) is 66.3 Å². The molecule has 0 atom stereocenters. The van der Waals surface area contributed by atoms with Gasteiger partial charge < -0.3 is 9.84 Å². The molecule has 4 nitrogen and oxygen atoms in total. The number of carboxylic acids is 1. The number of rotatable bonds is 8. The molecule has 0 amide bonds. The van der Waals surface area contributed by atoms with Crippen LogP contribution in [0.25, 0.3) is 6.08 Å². The SMILES string of the molecule is C=C(CCCOC(=O)C=CC=Cc1ccccc1)C(=O)O. The Balaban J connectivity index is 2.21. The van der Waals surface area contributed by atoms with Crippen LogP contribution in [0.1, 0.15) is 18.4 Å². The first-order chi connectivity index (χ1) is 10.1. The third-order valence-corrected chi connectivity index (χ3v) is 2.60. The zero-order chi connectivity index (χ0) is 15.5. The van der Waals surface area contributed by atoms with Crippen LogP contribution in [0.15, 0.2) is 60.7 Å². The normalized spacial score (nSPS) is 10.9. The molecule has 0 aliphatic rings. The van der Waals surface area contributed by atoms with Gasteiger partial charge >= 0.3 is 11.9 Å². The molecule has 0 aliphatic heterocycles. The average molecular weight is 286 g/mol. The maximum absolute atomic E-state index is 11.4. The summed E-state index contributed by atoms with van der Waals surface area (Å²) in [4.78, 5) is 21.8. The van der Waals surface area contributed by atoms with Crippen molar-refractivity contribution in [3.8, 4) is 0 Å². The average Bonchev–Trinajstić information content (AvgIpc) is 2.49. The number of carbonyl (C=O) groups is 2. The van der Waals surface area contributed by atoms with E-state index >= 15 is 0 Å². The van der Waals surface area contributed by atoms with Gasteiger partial charge in [-0.3, -0.25) is 0 Å². The highest BCUT2D eigenvalue weighted by Gasteiger charge is 2.03. The predicted molar refractivity (Wildman–Crippen MR) is 81.6 cm³/mol. The summed E-state index contributed by atoms with van der Waals surface area (Å²) < 4.78 is 4.93. The van der Waals surface area contributed by atoms with Crippen LogP contribution in [0.2, 0.25) is 0 Å². The maximum Gasteiger partial charge on any atom is 0.330 e. The smallest absolute Gasteiger partial charge is 0.330 e. The lowest BCUT2D eigenvalue weighted by atomic mass is 10.2. The molecule has 0 aliphatic carbocycles.